The van der Waals surface area contributed by atoms with Gasteiger partial charge >= 0.3 is 0 Å². The molecule has 2 aromatic heterocycles. The number of thiazole rings is 1. The van der Waals surface area contributed by atoms with Crippen molar-refractivity contribution < 1.29 is 9.21 Å². The van der Waals surface area contributed by atoms with Crippen LogP contribution in [0.1, 0.15) is 16.2 Å². The first-order valence-corrected chi connectivity index (χ1v) is 11.5. The van der Waals surface area contributed by atoms with Gasteiger partial charge in [-0.1, -0.05) is 46.9 Å². The predicted octanol–water partition coefficient (Wildman–Crippen LogP) is 7.50. The van der Waals surface area contributed by atoms with Gasteiger partial charge in [-0.15, -0.1) is 11.3 Å². The molecule has 164 valence electrons. The summed E-state index contributed by atoms with van der Waals surface area (Å²) in [5.41, 5.74) is 1.61. The molecular formula is C24H14Cl3N3O2S. The molecule has 4 rings (SSSR count). The van der Waals surface area contributed by atoms with Gasteiger partial charge in [0, 0.05) is 39.2 Å². The summed E-state index contributed by atoms with van der Waals surface area (Å²) in [5, 5.41) is 14.2. The maximum Gasteiger partial charge on any atom is 0.268 e. The van der Waals surface area contributed by atoms with Crippen LogP contribution in [0.5, 0.6) is 0 Å². The number of anilines is 1. The zero-order chi connectivity index (χ0) is 23.4. The topological polar surface area (TPSA) is 78.9 Å². The molecule has 0 unspecified atom stereocenters. The van der Waals surface area contributed by atoms with Gasteiger partial charge in [0.15, 0.2) is 5.13 Å². The molecule has 0 spiro atoms. The normalized spacial score (nSPS) is 11.3. The lowest BCUT2D eigenvalue weighted by atomic mass is 10.1. The highest BCUT2D eigenvalue weighted by Gasteiger charge is 2.14. The van der Waals surface area contributed by atoms with E-state index in [-0.39, 0.29) is 5.57 Å². The van der Waals surface area contributed by atoms with Crippen LogP contribution in [0.15, 0.2) is 70.8 Å². The largest absolute Gasteiger partial charge is 0.457 e. The van der Waals surface area contributed by atoms with Crippen molar-refractivity contribution >= 4 is 63.3 Å². The molecule has 0 radical (unpaired) electrons. The van der Waals surface area contributed by atoms with Crippen molar-refractivity contribution in [3.63, 3.8) is 0 Å². The van der Waals surface area contributed by atoms with E-state index in [9.17, 15) is 10.1 Å². The molecule has 2 heterocycles. The average molecular weight is 515 g/mol. The quantitative estimate of drug-likeness (QED) is 0.213. The summed E-state index contributed by atoms with van der Waals surface area (Å²) in [7, 11) is 0. The highest BCUT2D eigenvalue weighted by atomic mass is 35.5. The molecule has 0 fully saturated rings. The van der Waals surface area contributed by atoms with E-state index in [0.29, 0.717) is 43.7 Å². The van der Waals surface area contributed by atoms with Crippen LogP contribution in [0.3, 0.4) is 0 Å². The number of carbonyl (C=O) groups is 1. The molecule has 2 aromatic carbocycles. The lowest BCUT2D eigenvalue weighted by Crippen LogP contribution is -2.13. The first kappa shape index (κ1) is 23.1. The molecule has 1 amide bonds. The molecule has 0 atom stereocenters. The molecule has 4 aromatic rings. The predicted molar refractivity (Wildman–Crippen MR) is 133 cm³/mol. The standard InChI is InChI=1S/C24H14Cl3N3O2S/c25-16-3-1-14(2-4-16)9-19-13-29-24(33-19)30-23(31)15(12-28)10-18-6-8-22(32-18)20-7-5-17(26)11-21(20)27/h1-8,10-11,13H,9H2,(H,29,30,31)/b15-10+. The van der Waals surface area contributed by atoms with Crippen LogP contribution in [-0.4, -0.2) is 10.9 Å². The Morgan fingerprint density at radius 2 is 1.85 bits per heavy atom. The van der Waals surface area contributed by atoms with Gasteiger partial charge < -0.3 is 4.42 Å². The van der Waals surface area contributed by atoms with E-state index in [4.69, 9.17) is 39.2 Å². The molecular weight excluding hydrogens is 501 g/mol. The second-order valence-electron chi connectivity index (χ2n) is 6.89. The number of amides is 1. The Hall–Kier alpha value is -3.08. The van der Waals surface area contributed by atoms with Crippen molar-refractivity contribution in [1.82, 2.24) is 4.98 Å². The van der Waals surface area contributed by atoms with Crippen LogP contribution in [0.25, 0.3) is 17.4 Å². The van der Waals surface area contributed by atoms with Gasteiger partial charge in [0.25, 0.3) is 5.91 Å². The lowest BCUT2D eigenvalue weighted by Gasteiger charge is -2.01. The van der Waals surface area contributed by atoms with Crippen LogP contribution < -0.4 is 5.32 Å². The van der Waals surface area contributed by atoms with Crippen LogP contribution >= 0.6 is 46.1 Å². The molecule has 0 saturated heterocycles. The summed E-state index contributed by atoms with van der Waals surface area (Å²) in [5.74, 6) is 0.255. The summed E-state index contributed by atoms with van der Waals surface area (Å²) >= 11 is 19.4. The maximum absolute atomic E-state index is 12.6. The molecule has 0 aliphatic rings. The van der Waals surface area contributed by atoms with Gasteiger partial charge in [0.1, 0.15) is 23.2 Å². The van der Waals surface area contributed by atoms with Crippen LogP contribution in [0.2, 0.25) is 15.1 Å². The number of benzene rings is 2. The monoisotopic (exact) mass is 513 g/mol. The first-order valence-electron chi connectivity index (χ1n) is 9.59. The number of nitrogens with one attached hydrogen (secondary N) is 1. The van der Waals surface area contributed by atoms with E-state index in [1.807, 2.05) is 30.3 Å². The van der Waals surface area contributed by atoms with E-state index in [0.717, 1.165) is 10.4 Å². The van der Waals surface area contributed by atoms with Gasteiger partial charge in [0.05, 0.1) is 5.02 Å². The maximum atomic E-state index is 12.6. The van der Waals surface area contributed by atoms with Gasteiger partial charge in [-0.3, -0.25) is 10.1 Å². The van der Waals surface area contributed by atoms with E-state index >= 15 is 0 Å². The number of rotatable bonds is 6. The fourth-order valence-electron chi connectivity index (χ4n) is 2.97. The molecule has 1 N–H and O–H groups in total. The Labute approximate surface area is 208 Å². The van der Waals surface area contributed by atoms with Crippen molar-refractivity contribution in [3.8, 4) is 17.4 Å². The number of furan rings is 1. The number of hydrogen-bond donors (Lipinski definition) is 1. The number of nitriles is 1. The van der Waals surface area contributed by atoms with E-state index < -0.39 is 5.91 Å². The molecule has 0 aliphatic carbocycles. The zero-order valence-electron chi connectivity index (χ0n) is 16.8. The Bertz CT molecular complexity index is 1380. The van der Waals surface area contributed by atoms with Crippen molar-refractivity contribution in [1.29, 1.82) is 5.26 Å². The van der Waals surface area contributed by atoms with Crippen LogP contribution in [0.4, 0.5) is 5.13 Å². The minimum Gasteiger partial charge on any atom is -0.457 e. The second kappa shape index (κ2) is 10.2. The average Bonchev–Trinajstić information content (AvgIpc) is 3.43. The van der Waals surface area contributed by atoms with Crippen molar-refractivity contribution in [2.24, 2.45) is 0 Å². The van der Waals surface area contributed by atoms with Gasteiger partial charge in [0.2, 0.25) is 0 Å². The summed E-state index contributed by atoms with van der Waals surface area (Å²) in [6.07, 6.45) is 3.72. The van der Waals surface area contributed by atoms with Crippen LogP contribution in [0, 0.1) is 11.3 Å². The zero-order valence-corrected chi connectivity index (χ0v) is 19.9. The number of aromatic nitrogens is 1. The van der Waals surface area contributed by atoms with Crippen molar-refractivity contribution in [3.05, 3.63) is 97.6 Å². The third-order valence-electron chi connectivity index (χ3n) is 4.54. The highest BCUT2D eigenvalue weighted by molar-refractivity contribution is 7.15. The molecule has 9 heteroatoms. The Morgan fingerprint density at radius 3 is 2.58 bits per heavy atom. The van der Waals surface area contributed by atoms with Crippen molar-refractivity contribution in [2.75, 3.05) is 5.32 Å². The van der Waals surface area contributed by atoms with Gasteiger partial charge in [-0.05, 0) is 48.0 Å². The highest BCUT2D eigenvalue weighted by Crippen LogP contribution is 2.32. The summed E-state index contributed by atoms with van der Waals surface area (Å²) < 4.78 is 5.74. The SMILES string of the molecule is N#C/C(=C\c1ccc(-c2ccc(Cl)cc2Cl)o1)C(=O)Nc1ncc(Cc2ccc(Cl)cc2)s1. The summed E-state index contributed by atoms with van der Waals surface area (Å²) in [6.45, 7) is 0. The number of nitrogens with zero attached hydrogens (tertiary/aromatic N) is 2. The minimum atomic E-state index is -0.577. The smallest absolute Gasteiger partial charge is 0.268 e. The number of halogens is 3. The molecule has 0 bridgehead atoms. The molecule has 0 aliphatic heterocycles. The molecule has 33 heavy (non-hydrogen) atoms. The number of hydrogen-bond acceptors (Lipinski definition) is 5. The Balaban J connectivity index is 1.45. The lowest BCUT2D eigenvalue weighted by molar-refractivity contribution is -0.112. The fourth-order valence-corrected chi connectivity index (χ4v) is 4.44. The number of carbonyl (C=O) groups excluding carboxylic acids is 1. The molecule has 0 saturated carbocycles. The van der Waals surface area contributed by atoms with E-state index in [1.54, 1.807) is 36.5 Å². The third kappa shape index (κ3) is 5.84. The van der Waals surface area contributed by atoms with Gasteiger partial charge in [-0.2, -0.15) is 5.26 Å². The Morgan fingerprint density at radius 1 is 1.09 bits per heavy atom. The fraction of sp³-hybridized carbons (Fsp3) is 0.0417. The summed E-state index contributed by atoms with van der Waals surface area (Å²) in [6, 6.07) is 17.8. The minimum absolute atomic E-state index is 0.118. The Kier molecular flexibility index (Phi) is 7.17. The molecule has 5 nitrogen and oxygen atoms in total. The summed E-state index contributed by atoms with van der Waals surface area (Å²) in [4.78, 5) is 17.8. The second-order valence-corrected chi connectivity index (χ2v) is 9.28. The van der Waals surface area contributed by atoms with Crippen LogP contribution in [-0.2, 0) is 11.2 Å². The van der Waals surface area contributed by atoms with E-state index in [1.165, 1.54) is 17.4 Å². The van der Waals surface area contributed by atoms with Gasteiger partial charge in [-0.25, -0.2) is 4.98 Å². The third-order valence-corrected chi connectivity index (χ3v) is 6.25. The first-order chi connectivity index (χ1) is 15.9. The van der Waals surface area contributed by atoms with E-state index in [2.05, 4.69) is 10.3 Å². The van der Waals surface area contributed by atoms with Crippen molar-refractivity contribution in [2.45, 2.75) is 6.42 Å².